The zero-order valence-corrected chi connectivity index (χ0v) is 30.1. The minimum absolute atomic E-state index is 0.0254. The van der Waals surface area contributed by atoms with Crippen molar-refractivity contribution in [2.75, 3.05) is 25.2 Å². The molecule has 1 aliphatic carbocycles. The number of methoxy groups -OCH3 is 1. The fourth-order valence-electron chi connectivity index (χ4n) is 7.35. The van der Waals surface area contributed by atoms with Crippen LogP contribution >= 0.6 is 22.6 Å². The molecule has 3 aromatic rings. The van der Waals surface area contributed by atoms with Crippen molar-refractivity contribution < 1.29 is 55.2 Å². The van der Waals surface area contributed by atoms with Crippen molar-refractivity contribution in [2.24, 2.45) is 17.8 Å². The lowest BCUT2D eigenvalue weighted by Gasteiger charge is -2.31. The number of benzene rings is 3. The van der Waals surface area contributed by atoms with Crippen LogP contribution in [0.4, 0.5) is 32.0 Å². The summed E-state index contributed by atoms with van der Waals surface area (Å²) >= 11 is 2.02. The number of aromatic hydroxyl groups is 1. The van der Waals surface area contributed by atoms with Gasteiger partial charge in [-0.1, -0.05) is 36.8 Å². The Labute approximate surface area is 309 Å². The number of phenolic OH excluding ortho intramolecular Hbond substituents is 1. The van der Waals surface area contributed by atoms with Crippen LogP contribution in [0.2, 0.25) is 0 Å². The molecule has 3 aromatic carbocycles. The number of phenols is 1. The number of ether oxygens (including phenoxy) is 3. The fraction of sp³-hybridized carbons (Fsp3) is 0.368. The van der Waals surface area contributed by atoms with E-state index >= 15 is 0 Å². The Bertz CT molecular complexity index is 1890. The highest BCUT2D eigenvalue weighted by molar-refractivity contribution is 14.1. The Morgan fingerprint density at radius 3 is 2.27 bits per heavy atom. The van der Waals surface area contributed by atoms with Crippen LogP contribution in [-0.4, -0.2) is 43.3 Å². The number of rotatable bonds is 10. The van der Waals surface area contributed by atoms with Crippen LogP contribution in [-0.2, 0) is 26.7 Å². The molecule has 0 spiro atoms. The molecule has 0 bridgehead atoms. The van der Waals surface area contributed by atoms with Gasteiger partial charge in [-0.15, -0.1) is 0 Å². The number of fused-ring (bicyclic) bond motifs is 3. The van der Waals surface area contributed by atoms with Crippen LogP contribution in [0.25, 0.3) is 6.08 Å². The Morgan fingerprint density at radius 1 is 0.981 bits per heavy atom. The van der Waals surface area contributed by atoms with E-state index in [-0.39, 0.29) is 31.5 Å². The summed E-state index contributed by atoms with van der Waals surface area (Å²) in [6.45, 7) is 2.09. The Balaban J connectivity index is 1.32. The second kappa shape index (κ2) is 14.8. The van der Waals surface area contributed by atoms with Crippen LogP contribution < -0.4 is 14.4 Å². The number of nitrogens with zero attached hydrogens (tertiary/aromatic N) is 1. The second-order valence-electron chi connectivity index (χ2n) is 12.9. The van der Waals surface area contributed by atoms with E-state index in [2.05, 4.69) is 0 Å². The molecule has 2 amide bonds. The van der Waals surface area contributed by atoms with Gasteiger partial charge in [0.1, 0.15) is 12.4 Å². The Hall–Kier alpha value is -4.05. The third-order valence-electron chi connectivity index (χ3n) is 9.82. The van der Waals surface area contributed by atoms with Gasteiger partial charge in [-0.05, 0) is 107 Å². The number of carbonyl (C=O) groups is 2. The predicted octanol–water partition coefficient (Wildman–Crippen LogP) is 9.22. The highest BCUT2D eigenvalue weighted by Crippen LogP contribution is 2.51. The van der Waals surface area contributed by atoms with Crippen LogP contribution in [0.1, 0.15) is 49.3 Å². The molecule has 14 heteroatoms. The average molecular weight is 842 g/mol. The first-order chi connectivity index (χ1) is 24.6. The molecule has 0 unspecified atom stereocenters. The van der Waals surface area contributed by atoms with E-state index in [0.29, 0.717) is 56.9 Å². The third-order valence-corrected chi connectivity index (χ3v) is 10.6. The van der Waals surface area contributed by atoms with E-state index in [0.717, 1.165) is 16.7 Å². The molecule has 4 atom stereocenters. The van der Waals surface area contributed by atoms with Gasteiger partial charge in [-0.2, -0.15) is 26.3 Å². The van der Waals surface area contributed by atoms with Crippen LogP contribution in [0, 0.1) is 21.3 Å². The molecule has 2 fully saturated rings. The summed E-state index contributed by atoms with van der Waals surface area (Å²) in [5.74, 6) is -3.48. The van der Waals surface area contributed by atoms with Gasteiger partial charge in [0, 0.05) is 5.92 Å². The summed E-state index contributed by atoms with van der Waals surface area (Å²) in [6.07, 6.45) is -6.98. The highest BCUT2D eigenvalue weighted by atomic mass is 127. The number of alkyl halides is 6. The Morgan fingerprint density at radius 2 is 1.65 bits per heavy atom. The summed E-state index contributed by atoms with van der Waals surface area (Å²) in [5, 5.41) is 10.3. The number of allylic oxidation sites excluding steroid dienone is 1. The first-order valence-electron chi connectivity index (χ1n) is 16.5. The molecule has 7 nitrogen and oxygen atoms in total. The van der Waals surface area contributed by atoms with Gasteiger partial charge in [0.15, 0.2) is 11.5 Å². The van der Waals surface area contributed by atoms with Gasteiger partial charge in [0.2, 0.25) is 11.8 Å². The van der Waals surface area contributed by atoms with Crippen LogP contribution in [0.3, 0.4) is 0 Å². The normalized spacial score (nSPS) is 22.2. The zero-order valence-electron chi connectivity index (χ0n) is 28.0. The first-order valence-corrected chi connectivity index (χ1v) is 17.6. The lowest BCUT2D eigenvalue weighted by atomic mass is 9.69. The first kappa shape index (κ1) is 37.7. The molecular weight excluding hydrogens is 807 g/mol. The van der Waals surface area contributed by atoms with Crippen molar-refractivity contribution in [3.8, 4) is 17.2 Å². The smallest absolute Gasteiger partial charge is 0.416 e. The number of halogens is 7. The summed E-state index contributed by atoms with van der Waals surface area (Å²) in [4.78, 5) is 28.4. The summed E-state index contributed by atoms with van der Waals surface area (Å²) in [7, 11) is 1.47. The molecular formula is C38H34F6INO6. The van der Waals surface area contributed by atoms with Crippen molar-refractivity contribution in [1.29, 1.82) is 0 Å². The van der Waals surface area contributed by atoms with Gasteiger partial charge in [0.25, 0.3) is 0 Å². The molecule has 0 aromatic heterocycles. The van der Waals surface area contributed by atoms with Crippen molar-refractivity contribution in [1.82, 2.24) is 0 Å². The number of imide groups is 1. The van der Waals surface area contributed by atoms with Gasteiger partial charge in [-0.3, -0.25) is 9.59 Å². The highest BCUT2D eigenvalue weighted by Gasteiger charge is 2.58. The number of carbonyl (C=O) groups excluding carboxylic acids is 2. The Kier molecular flexibility index (Phi) is 10.7. The summed E-state index contributed by atoms with van der Waals surface area (Å²) in [6, 6.07) is 13.3. The topological polar surface area (TPSA) is 85.3 Å². The van der Waals surface area contributed by atoms with E-state index in [9.17, 15) is 41.0 Å². The second-order valence-corrected chi connectivity index (χ2v) is 14.1. The SMILES string of the molecule is CC/C(=C\c1cc(I)c(O)c(OC)c1)CC[C@H]1OC[C@H]2C1=C(COc1ccccc1)C[C@H]1C(=O)N(c3cc(C(F)(F)F)cc(C(F)(F)F)c3)C(=O)[C@H]12. The molecule has 0 radical (unpaired) electrons. The van der Waals surface area contributed by atoms with E-state index in [1.807, 2.05) is 47.7 Å². The predicted molar refractivity (Wildman–Crippen MR) is 188 cm³/mol. The largest absolute Gasteiger partial charge is 0.504 e. The van der Waals surface area contributed by atoms with Crippen LogP contribution in [0.15, 0.2) is 77.4 Å². The minimum atomic E-state index is -5.16. The van der Waals surface area contributed by atoms with Gasteiger partial charge < -0.3 is 19.3 Å². The van der Waals surface area contributed by atoms with Crippen molar-refractivity contribution in [3.63, 3.8) is 0 Å². The standard InChI is InChI=1S/C38H34F6INO6/c1-3-20(11-21-12-29(45)34(47)31(13-21)50-2)9-10-30-32-22(18-51-26-7-5-4-6-8-26)14-27-33(28(32)19-52-30)36(49)46(35(27)48)25-16-23(37(39,40)41)15-24(17-25)38(42,43)44/h4-8,11-13,15-17,27-28,30,33,47H,3,9-10,14,18-19H2,1-2H3/b20-11+/t27-,28+,30-,33-/m1/s1. The van der Waals surface area contributed by atoms with Gasteiger partial charge >= 0.3 is 12.4 Å². The lowest BCUT2D eigenvalue weighted by Crippen LogP contribution is -2.35. The number of hydrogen-bond donors (Lipinski definition) is 1. The number of para-hydroxylation sites is 1. The van der Waals surface area contributed by atoms with E-state index in [1.54, 1.807) is 30.3 Å². The lowest BCUT2D eigenvalue weighted by molar-refractivity contribution is -0.143. The van der Waals surface area contributed by atoms with Crippen molar-refractivity contribution in [2.45, 2.75) is 51.1 Å². The molecule has 6 rings (SSSR count). The monoisotopic (exact) mass is 841 g/mol. The zero-order chi connectivity index (χ0) is 37.5. The number of anilines is 1. The summed E-state index contributed by atoms with van der Waals surface area (Å²) < 4.78 is 101. The maximum atomic E-state index is 14.0. The molecule has 52 heavy (non-hydrogen) atoms. The van der Waals surface area contributed by atoms with E-state index in [1.165, 1.54) is 7.11 Å². The summed E-state index contributed by atoms with van der Waals surface area (Å²) in [5.41, 5.74) is -0.631. The molecule has 2 heterocycles. The van der Waals surface area contributed by atoms with E-state index < -0.39 is 64.8 Å². The maximum Gasteiger partial charge on any atom is 0.416 e. The van der Waals surface area contributed by atoms with E-state index in [4.69, 9.17) is 14.2 Å². The van der Waals surface area contributed by atoms with Gasteiger partial charge in [-0.25, -0.2) is 4.90 Å². The number of hydrogen-bond acceptors (Lipinski definition) is 6. The fourth-order valence-corrected chi connectivity index (χ4v) is 7.98. The molecule has 1 N–H and O–H groups in total. The molecule has 3 aliphatic rings. The van der Waals surface area contributed by atoms with Crippen LogP contribution in [0.5, 0.6) is 17.2 Å². The van der Waals surface area contributed by atoms with Crippen molar-refractivity contribution >= 4 is 46.2 Å². The molecule has 2 saturated heterocycles. The molecule has 2 aliphatic heterocycles. The number of amides is 2. The average Bonchev–Trinajstić information content (AvgIpc) is 3.64. The minimum Gasteiger partial charge on any atom is -0.504 e. The third kappa shape index (κ3) is 7.54. The molecule has 0 saturated carbocycles. The van der Waals surface area contributed by atoms with Gasteiger partial charge in [0.05, 0.1) is 52.0 Å². The molecule has 276 valence electrons. The maximum absolute atomic E-state index is 14.0. The van der Waals surface area contributed by atoms with Crippen molar-refractivity contribution in [3.05, 3.63) is 97.6 Å². The quantitative estimate of drug-likeness (QED) is 0.0949.